The van der Waals surface area contributed by atoms with Crippen molar-refractivity contribution in [2.75, 3.05) is 18.0 Å². The van der Waals surface area contributed by atoms with Gasteiger partial charge in [-0.2, -0.15) is 0 Å². The Morgan fingerprint density at radius 2 is 1.81 bits per heavy atom. The molecule has 6 heteroatoms. The lowest BCUT2D eigenvalue weighted by Crippen LogP contribution is -2.20. The van der Waals surface area contributed by atoms with Crippen molar-refractivity contribution in [1.82, 2.24) is 9.97 Å². The first-order valence-electron chi connectivity index (χ1n) is 6.41. The van der Waals surface area contributed by atoms with Gasteiger partial charge in [-0.3, -0.25) is 15.6 Å². The van der Waals surface area contributed by atoms with E-state index in [4.69, 9.17) is 4.74 Å². The maximum absolute atomic E-state index is 11.9. The molecule has 0 unspecified atom stereocenters. The normalized spacial score (nSPS) is 10.3. The molecule has 0 amide bonds. The van der Waals surface area contributed by atoms with Crippen molar-refractivity contribution in [3.05, 3.63) is 58.9 Å². The average molecular weight is 282 g/mol. The van der Waals surface area contributed by atoms with Gasteiger partial charge in [0, 0.05) is 0 Å². The summed E-state index contributed by atoms with van der Waals surface area (Å²) in [6.45, 7) is 0. The van der Waals surface area contributed by atoms with E-state index in [9.17, 15) is 4.79 Å². The number of anilines is 2. The Balaban J connectivity index is 1.81. The second-order valence-electron chi connectivity index (χ2n) is 4.41. The van der Waals surface area contributed by atoms with Gasteiger partial charge in [-0.25, -0.2) is 4.98 Å². The third-order valence-electron chi connectivity index (χ3n) is 3.01. The van der Waals surface area contributed by atoms with Crippen LogP contribution in [0.3, 0.4) is 0 Å². The molecule has 0 bridgehead atoms. The van der Waals surface area contributed by atoms with Crippen LogP contribution in [0.25, 0.3) is 11.0 Å². The van der Waals surface area contributed by atoms with Crippen molar-refractivity contribution >= 4 is 22.5 Å². The summed E-state index contributed by atoms with van der Waals surface area (Å²) < 4.78 is 5.08. The van der Waals surface area contributed by atoms with Gasteiger partial charge < -0.3 is 9.72 Å². The molecule has 0 saturated carbocycles. The summed E-state index contributed by atoms with van der Waals surface area (Å²) in [6.07, 6.45) is 0. The Morgan fingerprint density at radius 3 is 2.57 bits per heavy atom. The van der Waals surface area contributed by atoms with Crippen LogP contribution in [0, 0.1) is 0 Å². The average Bonchev–Trinajstić information content (AvgIpc) is 2.53. The molecular formula is C15H14N4O2. The molecule has 1 aromatic heterocycles. The number of methoxy groups -OCH3 is 1. The molecule has 21 heavy (non-hydrogen) atoms. The van der Waals surface area contributed by atoms with Crippen LogP contribution in [0.2, 0.25) is 0 Å². The summed E-state index contributed by atoms with van der Waals surface area (Å²) in [4.78, 5) is 19.0. The van der Waals surface area contributed by atoms with Gasteiger partial charge in [-0.1, -0.05) is 12.1 Å². The molecule has 0 spiro atoms. The lowest BCUT2D eigenvalue weighted by molar-refractivity contribution is 0.415. The lowest BCUT2D eigenvalue weighted by Gasteiger charge is -2.09. The lowest BCUT2D eigenvalue weighted by atomic mass is 10.3. The zero-order valence-corrected chi connectivity index (χ0v) is 11.4. The fourth-order valence-corrected chi connectivity index (χ4v) is 1.92. The smallest absolute Gasteiger partial charge is 0.292 e. The molecule has 0 fully saturated rings. The molecule has 0 saturated heterocycles. The number of aromatic nitrogens is 2. The van der Waals surface area contributed by atoms with Crippen LogP contribution in [-0.4, -0.2) is 17.1 Å². The second-order valence-corrected chi connectivity index (χ2v) is 4.41. The molecule has 3 aromatic rings. The number of ether oxygens (including phenoxy) is 1. The fourth-order valence-electron chi connectivity index (χ4n) is 1.92. The predicted molar refractivity (Wildman–Crippen MR) is 82.6 cm³/mol. The Labute approximate surface area is 120 Å². The minimum Gasteiger partial charge on any atom is -0.497 e. The molecule has 0 aliphatic carbocycles. The van der Waals surface area contributed by atoms with E-state index >= 15 is 0 Å². The number of benzene rings is 2. The molecule has 6 nitrogen and oxygen atoms in total. The topological polar surface area (TPSA) is 79.0 Å². The summed E-state index contributed by atoms with van der Waals surface area (Å²) in [5.41, 5.74) is 7.68. The number of hydrogen-bond acceptors (Lipinski definition) is 5. The van der Waals surface area contributed by atoms with Gasteiger partial charge in [0.2, 0.25) is 5.82 Å². The zero-order chi connectivity index (χ0) is 14.7. The quantitative estimate of drug-likeness (QED) is 0.640. The molecule has 2 aromatic carbocycles. The molecular weight excluding hydrogens is 268 g/mol. The van der Waals surface area contributed by atoms with Crippen LogP contribution in [0.15, 0.2) is 53.3 Å². The Hall–Kier alpha value is -3.02. The molecule has 0 radical (unpaired) electrons. The SMILES string of the molecule is COc1ccc(NNc2nc3ccccc3[nH]c2=O)cc1. The Kier molecular flexibility index (Phi) is 3.42. The van der Waals surface area contributed by atoms with Crippen molar-refractivity contribution in [2.24, 2.45) is 0 Å². The number of fused-ring (bicyclic) bond motifs is 1. The highest BCUT2D eigenvalue weighted by molar-refractivity contribution is 5.75. The van der Waals surface area contributed by atoms with E-state index in [0.29, 0.717) is 5.52 Å². The van der Waals surface area contributed by atoms with Crippen molar-refractivity contribution < 1.29 is 4.74 Å². The van der Waals surface area contributed by atoms with Crippen LogP contribution < -0.4 is 21.1 Å². The highest BCUT2D eigenvalue weighted by atomic mass is 16.5. The number of nitrogens with zero attached hydrogens (tertiary/aromatic N) is 1. The Morgan fingerprint density at radius 1 is 1.05 bits per heavy atom. The summed E-state index contributed by atoms with van der Waals surface area (Å²) in [5, 5.41) is 0. The van der Waals surface area contributed by atoms with Crippen LogP contribution in [0.4, 0.5) is 11.5 Å². The van der Waals surface area contributed by atoms with Gasteiger partial charge in [0.05, 0.1) is 23.8 Å². The zero-order valence-electron chi connectivity index (χ0n) is 11.4. The highest BCUT2D eigenvalue weighted by Crippen LogP contribution is 2.15. The summed E-state index contributed by atoms with van der Waals surface area (Å²) in [7, 11) is 1.61. The first kappa shape index (κ1) is 13.0. The monoisotopic (exact) mass is 282 g/mol. The van der Waals surface area contributed by atoms with Crippen molar-refractivity contribution in [3.8, 4) is 5.75 Å². The summed E-state index contributed by atoms with van der Waals surface area (Å²) >= 11 is 0. The van der Waals surface area contributed by atoms with E-state index in [0.717, 1.165) is 17.0 Å². The van der Waals surface area contributed by atoms with E-state index in [-0.39, 0.29) is 11.4 Å². The molecule has 0 aliphatic heterocycles. The first-order valence-corrected chi connectivity index (χ1v) is 6.41. The maximum Gasteiger partial charge on any atom is 0.292 e. The Bertz CT molecular complexity index is 812. The van der Waals surface area contributed by atoms with Crippen molar-refractivity contribution in [1.29, 1.82) is 0 Å². The van der Waals surface area contributed by atoms with Crippen LogP contribution >= 0.6 is 0 Å². The minimum absolute atomic E-state index is 0.213. The van der Waals surface area contributed by atoms with Gasteiger partial charge in [-0.05, 0) is 36.4 Å². The number of aromatic amines is 1. The maximum atomic E-state index is 11.9. The molecule has 106 valence electrons. The minimum atomic E-state index is -0.283. The third-order valence-corrected chi connectivity index (χ3v) is 3.01. The fraction of sp³-hybridized carbons (Fsp3) is 0.0667. The number of nitrogens with one attached hydrogen (secondary N) is 3. The van der Waals surface area contributed by atoms with Gasteiger partial charge in [0.1, 0.15) is 5.75 Å². The summed E-state index contributed by atoms with van der Waals surface area (Å²) in [6, 6.07) is 14.7. The van der Waals surface area contributed by atoms with Crippen molar-refractivity contribution in [3.63, 3.8) is 0 Å². The molecule has 0 aliphatic rings. The van der Waals surface area contributed by atoms with E-state index in [1.165, 1.54) is 0 Å². The second kappa shape index (κ2) is 5.54. The highest BCUT2D eigenvalue weighted by Gasteiger charge is 2.03. The van der Waals surface area contributed by atoms with Gasteiger partial charge in [0.15, 0.2) is 0 Å². The number of hydrazine groups is 1. The molecule has 3 N–H and O–H groups in total. The van der Waals surface area contributed by atoms with Crippen LogP contribution in [0.5, 0.6) is 5.75 Å². The van der Waals surface area contributed by atoms with Crippen LogP contribution in [-0.2, 0) is 0 Å². The molecule has 1 heterocycles. The number of H-pyrrole nitrogens is 1. The molecule has 0 atom stereocenters. The largest absolute Gasteiger partial charge is 0.497 e. The van der Waals surface area contributed by atoms with Crippen LogP contribution in [0.1, 0.15) is 0 Å². The number of hydrogen-bond donors (Lipinski definition) is 3. The number of para-hydroxylation sites is 2. The third kappa shape index (κ3) is 2.79. The standard InChI is InChI=1S/C15H14N4O2/c1-21-11-8-6-10(7-9-11)18-19-14-15(20)17-13-5-3-2-4-12(13)16-14/h2-9,18H,1H3,(H,16,19)(H,17,20). The molecule has 3 rings (SSSR count). The van der Waals surface area contributed by atoms with Gasteiger partial charge >= 0.3 is 0 Å². The van der Waals surface area contributed by atoms with E-state index in [1.54, 1.807) is 7.11 Å². The summed E-state index contributed by atoms with van der Waals surface area (Å²) in [5.74, 6) is 0.978. The first-order chi connectivity index (χ1) is 10.3. The van der Waals surface area contributed by atoms with Crippen molar-refractivity contribution in [2.45, 2.75) is 0 Å². The van der Waals surface area contributed by atoms with E-state index in [1.807, 2.05) is 48.5 Å². The predicted octanol–water partition coefficient (Wildman–Crippen LogP) is 2.37. The van der Waals surface area contributed by atoms with E-state index < -0.39 is 0 Å². The number of rotatable bonds is 4. The van der Waals surface area contributed by atoms with E-state index in [2.05, 4.69) is 20.8 Å². The van der Waals surface area contributed by atoms with Gasteiger partial charge in [0.25, 0.3) is 5.56 Å². The van der Waals surface area contributed by atoms with Gasteiger partial charge in [-0.15, -0.1) is 0 Å².